The number of nitrogens with zero attached hydrogens (tertiary/aromatic N) is 4. The molecule has 3 aromatic rings. The van der Waals surface area contributed by atoms with Crippen LogP contribution < -0.4 is 15.5 Å². The SMILES string of the molecule is CN=C(NCc1cccc(-c2ncn[nH]2)c1)NC1CCN(c2cccs2)CC1. The van der Waals surface area contributed by atoms with Crippen LogP contribution in [-0.2, 0) is 6.54 Å². The molecule has 0 atom stereocenters. The Kier molecular flexibility index (Phi) is 5.86. The second kappa shape index (κ2) is 8.88. The van der Waals surface area contributed by atoms with Crippen LogP contribution in [0.1, 0.15) is 18.4 Å². The monoisotopic (exact) mass is 395 g/mol. The van der Waals surface area contributed by atoms with E-state index in [1.165, 1.54) is 16.9 Å². The third-order valence-electron chi connectivity index (χ3n) is 4.95. The van der Waals surface area contributed by atoms with Gasteiger partial charge in [-0.3, -0.25) is 10.1 Å². The predicted molar refractivity (Wildman–Crippen MR) is 115 cm³/mol. The van der Waals surface area contributed by atoms with E-state index >= 15 is 0 Å². The second-order valence-corrected chi connectivity index (χ2v) is 7.74. The first-order valence-electron chi connectivity index (χ1n) is 9.52. The normalized spacial score (nSPS) is 15.6. The van der Waals surface area contributed by atoms with Crippen molar-refractivity contribution in [3.63, 3.8) is 0 Å². The maximum Gasteiger partial charge on any atom is 0.191 e. The molecule has 0 spiro atoms. The smallest absolute Gasteiger partial charge is 0.191 e. The van der Waals surface area contributed by atoms with Crippen molar-refractivity contribution in [1.29, 1.82) is 0 Å². The van der Waals surface area contributed by atoms with Crippen LogP contribution in [-0.4, -0.2) is 47.3 Å². The van der Waals surface area contributed by atoms with Gasteiger partial charge in [0.1, 0.15) is 6.33 Å². The molecule has 1 aromatic carbocycles. The van der Waals surface area contributed by atoms with Crippen molar-refractivity contribution < 1.29 is 0 Å². The van der Waals surface area contributed by atoms with Gasteiger partial charge in [-0.15, -0.1) is 11.3 Å². The van der Waals surface area contributed by atoms with E-state index in [9.17, 15) is 0 Å². The minimum absolute atomic E-state index is 0.447. The van der Waals surface area contributed by atoms with E-state index in [4.69, 9.17) is 0 Å². The van der Waals surface area contributed by atoms with Gasteiger partial charge in [0.15, 0.2) is 11.8 Å². The minimum atomic E-state index is 0.447. The Morgan fingerprint density at radius 2 is 2.18 bits per heavy atom. The van der Waals surface area contributed by atoms with Crippen molar-refractivity contribution in [2.75, 3.05) is 25.0 Å². The highest BCUT2D eigenvalue weighted by molar-refractivity contribution is 7.14. The highest BCUT2D eigenvalue weighted by Gasteiger charge is 2.20. The van der Waals surface area contributed by atoms with Crippen LogP contribution >= 0.6 is 11.3 Å². The molecular weight excluding hydrogens is 370 g/mol. The van der Waals surface area contributed by atoms with Gasteiger partial charge in [-0.1, -0.05) is 18.2 Å². The van der Waals surface area contributed by atoms with Gasteiger partial charge < -0.3 is 15.5 Å². The molecule has 0 saturated carbocycles. The summed E-state index contributed by atoms with van der Waals surface area (Å²) >= 11 is 1.81. The molecule has 146 valence electrons. The third-order valence-corrected chi connectivity index (χ3v) is 5.88. The lowest BCUT2D eigenvalue weighted by molar-refractivity contribution is 0.463. The Labute approximate surface area is 168 Å². The van der Waals surface area contributed by atoms with Crippen LogP contribution in [0.5, 0.6) is 0 Å². The first kappa shape index (κ1) is 18.5. The van der Waals surface area contributed by atoms with Crippen LogP contribution in [0.3, 0.4) is 0 Å². The van der Waals surface area contributed by atoms with Crippen molar-refractivity contribution in [2.24, 2.45) is 4.99 Å². The molecule has 0 unspecified atom stereocenters. The van der Waals surface area contributed by atoms with Crippen LogP contribution in [0.2, 0.25) is 0 Å². The zero-order chi connectivity index (χ0) is 19.2. The number of rotatable bonds is 5. The van der Waals surface area contributed by atoms with E-state index in [0.29, 0.717) is 12.6 Å². The topological polar surface area (TPSA) is 81.2 Å². The lowest BCUT2D eigenvalue weighted by Gasteiger charge is -2.33. The molecular formula is C20H25N7S. The number of anilines is 1. The first-order chi connectivity index (χ1) is 13.8. The first-order valence-corrected chi connectivity index (χ1v) is 10.4. The molecule has 1 fully saturated rings. The number of hydrogen-bond donors (Lipinski definition) is 3. The summed E-state index contributed by atoms with van der Waals surface area (Å²) in [4.78, 5) is 11.1. The molecule has 28 heavy (non-hydrogen) atoms. The van der Waals surface area contributed by atoms with Gasteiger partial charge in [0, 0.05) is 38.3 Å². The fourth-order valence-electron chi connectivity index (χ4n) is 3.44. The molecule has 0 amide bonds. The quantitative estimate of drug-likeness (QED) is 0.457. The number of guanidine groups is 1. The van der Waals surface area contributed by atoms with Gasteiger partial charge in [-0.2, -0.15) is 5.10 Å². The van der Waals surface area contributed by atoms with Crippen LogP contribution in [0, 0.1) is 0 Å². The Balaban J connectivity index is 1.28. The number of nitrogens with one attached hydrogen (secondary N) is 3. The molecule has 1 aliphatic rings. The number of hydrogen-bond acceptors (Lipinski definition) is 5. The Hall–Kier alpha value is -2.87. The zero-order valence-electron chi connectivity index (χ0n) is 15.9. The summed E-state index contributed by atoms with van der Waals surface area (Å²) in [5, 5.41) is 17.3. The van der Waals surface area contributed by atoms with Crippen molar-refractivity contribution in [2.45, 2.75) is 25.4 Å². The number of aliphatic imine (C=N–C) groups is 1. The van der Waals surface area contributed by atoms with E-state index in [-0.39, 0.29) is 0 Å². The summed E-state index contributed by atoms with van der Waals surface area (Å²) in [6, 6.07) is 13.0. The predicted octanol–water partition coefficient (Wildman–Crippen LogP) is 2.87. The molecule has 0 aliphatic carbocycles. The maximum absolute atomic E-state index is 4.39. The Bertz CT molecular complexity index is 881. The molecule has 1 saturated heterocycles. The fraction of sp³-hybridized carbons (Fsp3) is 0.350. The summed E-state index contributed by atoms with van der Waals surface area (Å²) in [7, 11) is 1.82. The van der Waals surface area contributed by atoms with Gasteiger partial charge in [0.05, 0.1) is 5.00 Å². The molecule has 4 rings (SSSR count). The van der Waals surface area contributed by atoms with Crippen LogP contribution in [0.4, 0.5) is 5.00 Å². The van der Waals surface area contributed by atoms with Crippen molar-refractivity contribution in [1.82, 2.24) is 25.8 Å². The minimum Gasteiger partial charge on any atom is -0.363 e. The number of thiophene rings is 1. The number of benzene rings is 1. The highest BCUT2D eigenvalue weighted by Crippen LogP contribution is 2.24. The number of aromatic nitrogens is 3. The van der Waals surface area contributed by atoms with Crippen molar-refractivity contribution in [3.05, 3.63) is 53.7 Å². The molecule has 8 heteroatoms. The number of piperidine rings is 1. The van der Waals surface area contributed by atoms with E-state index < -0.39 is 0 Å². The summed E-state index contributed by atoms with van der Waals surface area (Å²) in [6.07, 6.45) is 3.74. The number of H-pyrrole nitrogens is 1. The molecule has 3 heterocycles. The Morgan fingerprint density at radius 1 is 1.29 bits per heavy atom. The lowest BCUT2D eigenvalue weighted by Crippen LogP contribution is -2.48. The maximum atomic E-state index is 4.39. The average molecular weight is 396 g/mol. The van der Waals surface area contributed by atoms with E-state index in [0.717, 1.165) is 43.3 Å². The Morgan fingerprint density at radius 3 is 2.89 bits per heavy atom. The van der Waals surface area contributed by atoms with Gasteiger partial charge in [0.2, 0.25) is 0 Å². The molecule has 1 aliphatic heterocycles. The summed E-state index contributed by atoms with van der Waals surface area (Å²) in [6.45, 7) is 2.86. The second-order valence-electron chi connectivity index (χ2n) is 6.82. The number of aromatic amines is 1. The molecule has 0 radical (unpaired) electrons. The van der Waals surface area contributed by atoms with E-state index in [1.54, 1.807) is 0 Å². The highest BCUT2D eigenvalue weighted by atomic mass is 32.1. The van der Waals surface area contributed by atoms with Gasteiger partial charge in [-0.05, 0) is 42.0 Å². The van der Waals surface area contributed by atoms with Gasteiger partial charge in [-0.25, -0.2) is 4.98 Å². The zero-order valence-corrected chi connectivity index (χ0v) is 16.7. The van der Waals surface area contributed by atoms with Gasteiger partial charge >= 0.3 is 0 Å². The van der Waals surface area contributed by atoms with Gasteiger partial charge in [0.25, 0.3) is 0 Å². The molecule has 3 N–H and O–H groups in total. The lowest BCUT2D eigenvalue weighted by atomic mass is 10.1. The molecule has 0 bridgehead atoms. The fourth-order valence-corrected chi connectivity index (χ4v) is 4.23. The largest absolute Gasteiger partial charge is 0.363 e. The average Bonchev–Trinajstić information content (AvgIpc) is 3.46. The van der Waals surface area contributed by atoms with Crippen LogP contribution in [0.25, 0.3) is 11.4 Å². The molecule has 7 nitrogen and oxygen atoms in total. The van der Waals surface area contributed by atoms with Crippen molar-refractivity contribution >= 4 is 22.3 Å². The van der Waals surface area contributed by atoms with Crippen molar-refractivity contribution in [3.8, 4) is 11.4 Å². The summed E-state index contributed by atoms with van der Waals surface area (Å²) in [5.74, 6) is 1.63. The summed E-state index contributed by atoms with van der Waals surface area (Å²) in [5.41, 5.74) is 2.20. The van der Waals surface area contributed by atoms with E-state index in [2.05, 4.69) is 65.4 Å². The third kappa shape index (κ3) is 4.51. The molecule has 2 aromatic heterocycles. The van der Waals surface area contributed by atoms with E-state index in [1.807, 2.05) is 30.5 Å². The standard InChI is InChI=1S/C20H25N7S/c1-21-20(25-17-7-9-27(10-8-17)18-6-3-11-28-18)22-13-15-4-2-5-16(12-15)19-23-14-24-26-19/h2-6,11-12,14,17H,7-10,13H2,1H3,(H2,21,22,25)(H,23,24,26). The van der Waals surface area contributed by atoms with Crippen LogP contribution in [0.15, 0.2) is 53.1 Å². The summed E-state index contributed by atoms with van der Waals surface area (Å²) < 4.78 is 0.